The van der Waals surface area contributed by atoms with Crippen molar-refractivity contribution in [2.75, 3.05) is 7.11 Å². The normalized spacial score (nSPS) is 10.5. The summed E-state index contributed by atoms with van der Waals surface area (Å²) in [6, 6.07) is 15.3. The van der Waals surface area contributed by atoms with E-state index in [1.807, 2.05) is 54.7 Å². The summed E-state index contributed by atoms with van der Waals surface area (Å²) in [4.78, 5) is 27.1. The average molecular weight is 351 g/mol. The molecule has 0 fully saturated rings. The van der Waals surface area contributed by atoms with E-state index in [9.17, 15) is 9.59 Å². The zero-order valence-electron chi connectivity index (χ0n) is 14.5. The molecule has 0 bridgehead atoms. The van der Waals surface area contributed by atoms with E-state index in [1.165, 1.54) is 0 Å². The van der Waals surface area contributed by atoms with Crippen LogP contribution in [0.4, 0.5) is 0 Å². The second-order valence-corrected chi connectivity index (χ2v) is 5.98. The Labute approximate surface area is 151 Å². The van der Waals surface area contributed by atoms with Gasteiger partial charge in [-0.1, -0.05) is 30.3 Å². The zero-order valence-corrected chi connectivity index (χ0v) is 14.5. The number of hydrazine groups is 1. The van der Waals surface area contributed by atoms with Gasteiger partial charge in [-0.2, -0.15) is 0 Å². The lowest BCUT2D eigenvalue weighted by Gasteiger charge is -2.08. The summed E-state index contributed by atoms with van der Waals surface area (Å²) in [6.07, 6.45) is 2.86. The number of hydrogen-bond donors (Lipinski definition) is 3. The Kier molecular flexibility index (Phi) is 5.53. The second kappa shape index (κ2) is 8.20. The topological polar surface area (TPSA) is 83.2 Å². The molecule has 3 aromatic rings. The molecule has 0 aliphatic heterocycles. The Balaban J connectivity index is 1.46. The molecule has 0 spiro atoms. The molecule has 0 saturated heterocycles. The van der Waals surface area contributed by atoms with Gasteiger partial charge in [-0.3, -0.25) is 20.4 Å². The molecule has 1 aromatic heterocycles. The second-order valence-electron chi connectivity index (χ2n) is 5.98. The van der Waals surface area contributed by atoms with E-state index in [2.05, 4.69) is 15.8 Å². The molecular weight excluding hydrogens is 330 g/mol. The molecule has 0 saturated carbocycles. The van der Waals surface area contributed by atoms with Crippen LogP contribution in [0.15, 0.2) is 54.7 Å². The number of amides is 2. The number of methoxy groups -OCH3 is 1. The molecule has 26 heavy (non-hydrogen) atoms. The molecule has 0 unspecified atom stereocenters. The van der Waals surface area contributed by atoms with E-state index in [0.717, 1.165) is 27.8 Å². The number of ether oxygens (including phenoxy) is 1. The van der Waals surface area contributed by atoms with Crippen molar-refractivity contribution < 1.29 is 14.3 Å². The van der Waals surface area contributed by atoms with Crippen LogP contribution in [-0.4, -0.2) is 23.9 Å². The van der Waals surface area contributed by atoms with Crippen molar-refractivity contribution in [3.8, 4) is 5.75 Å². The number of H-pyrrole nitrogens is 1. The monoisotopic (exact) mass is 351 g/mol. The maximum absolute atomic E-state index is 12.1. The Hall–Kier alpha value is -3.28. The van der Waals surface area contributed by atoms with Gasteiger partial charge in [0.15, 0.2) is 0 Å². The molecule has 2 aromatic carbocycles. The fourth-order valence-electron chi connectivity index (χ4n) is 2.78. The van der Waals surface area contributed by atoms with Crippen LogP contribution >= 0.6 is 0 Å². The molecular formula is C20H21N3O3. The number of aromatic nitrogens is 1. The Bertz CT molecular complexity index is 917. The lowest BCUT2D eigenvalue weighted by Crippen LogP contribution is -2.42. The average Bonchev–Trinajstić information content (AvgIpc) is 3.08. The summed E-state index contributed by atoms with van der Waals surface area (Å²) in [5.41, 5.74) is 7.81. The van der Waals surface area contributed by atoms with Crippen LogP contribution in [0.25, 0.3) is 10.9 Å². The first-order valence-electron chi connectivity index (χ1n) is 8.41. The van der Waals surface area contributed by atoms with E-state index < -0.39 is 0 Å². The number of rotatable bonds is 6. The number of hydrogen-bond acceptors (Lipinski definition) is 3. The first-order chi connectivity index (χ1) is 12.7. The van der Waals surface area contributed by atoms with Crippen molar-refractivity contribution >= 4 is 22.7 Å². The fraction of sp³-hybridized carbons (Fsp3) is 0.200. The van der Waals surface area contributed by atoms with Crippen molar-refractivity contribution in [1.29, 1.82) is 0 Å². The van der Waals surface area contributed by atoms with Crippen LogP contribution in [0.2, 0.25) is 0 Å². The predicted molar refractivity (Wildman–Crippen MR) is 99.6 cm³/mol. The SMILES string of the molecule is COc1cccc(CCC(=O)NNC(=O)Cc2c[nH]c3ccccc23)c1. The van der Waals surface area contributed by atoms with Gasteiger partial charge in [0.1, 0.15) is 5.75 Å². The number of aromatic amines is 1. The number of para-hydroxylation sites is 1. The fourth-order valence-corrected chi connectivity index (χ4v) is 2.78. The van der Waals surface area contributed by atoms with E-state index >= 15 is 0 Å². The highest BCUT2D eigenvalue weighted by Gasteiger charge is 2.10. The molecule has 2 amide bonds. The summed E-state index contributed by atoms with van der Waals surface area (Å²) in [5.74, 6) is 0.263. The molecule has 134 valence electrons. The minimum Gasteiger partial charge on any atom is -0.497 e. The summed E-state index contributed by atoms with van der Waals surface area (Å²) in [7, 11) is 1.61. The minimum atomic E-state index is -0.260. The van der Waals surface area contributed by atoms with Crippen LogP contribution in [-0.2, 0) is 22.4 Å². The van der Waals surface area contributed by atoms with Gasteiger partial charge in [0.05, 0.1) is 13.5 Å². The van der Waals surface area contributed by atoms with Crippen LogP contribution in [0, 0.1) is 0 Å². The third kappa shape index (κ3) is 4.42. The number of nitrogens with one attached hydrogen (secondary N) is 3. The maximum atomic E-state index is 12.1. The van der Waals surface area contributed by atoms with Gasteiger partial charge in [0.2, 0.25) is 11.8 Å². The third-order valence-electron chi connectivity index (χ3n) is 4.14. The van der Waals surface area contributed by atoms with Gasteiger partial charge in [0.25, 0.3) is 0 Å². The highest BCUT2D eigenvalue weighted by Crippen LogP contribution is 2.18. The van der Waals surface area contributed by atoms with Crippen LogP contribution in [0.3, 0.4) is 0 Å². The van der Waals surface area contributed by atoms with Gasteiger partial charge in [0, 0.05) is 23.5 Å². The van der Waals surface area contributed by atoms with E-state index in [-0.39, 0.29) is 24.7 Å². The van der Waals surface area contributed by atoms with E-state index in [0.29, 0.717) is 6.42 Å². The largest absolute Gasteiger partial charge is 0.497 e. The van der Waals surface area contributed by atoms with Crippen LogP contribution in [0.5, 0.6) is 5.75 Å². The summed E-state index contributed by atoms with van der Waals surface area (Å²) in [6.45, 7) is 0. The lowest BCUT2D eigenvalue weighted by atomic mass is 10.1. The standard InChI is InChI=1S/C20H21N3O3/c1-26-16-6-4-5-14(11-16)9-10-19(24)22-23-20(25)12-15-13-21-18-8-3-2-7-17(15)18/h2-8,11,13,21H,9-10,12H2,1H3,(H,22,24)(H,23,25). The molecule has 1 heterocycles. The number of carbonyl (C=O) groups excluding carboxylic acids is 2. The van der Waals surface area contributed by atoms with Crippen molar-refractivity contribution in [3.05, 3.63) is 65.9 Å². The lowest BCUT2D eigenvalue weighted by molar-refractivity contribution is -0.128. The smallest absolute Gasteiger partial charge is 0.242 e. The summed E-state index contributed by atoms with van der Waals surface area (Å²) >= 11 is 0. The van der Waals surface area contributed by atoms with Gasteiger partial charge in [-0.05, 0) is 35.7 Å². The number of benzene rings is 2. The first-order valence-corrected chi connectivity index (χ1v) is 8.41. The molecule has 0 aliphatic carbocycles. The van der Waals surface area contributed by atoms with Gasteiger partial charge < -0.3 is 9.72 Å². The van der Waals surface area contributed by atoms with Crippen molar-refractivity contribution in [1.82, 2.24) is 15.8 Å². The Morgan fingerprint density at radius 3 is 2.69 bits per heavy atom. The highest BCUT2D eigenvalue weighted by molar-refractivity contribution is 5.89. The molecule has 6 nitrogen and oxygen atoms in total. The molecule has 0 radical (unpaired) electrons. The van der Waals surface area contributed by atoms with E-state index in [4.69, 9.17) is 4.74 Å². The van der Waals surface area contributed by atoms with Gasteiger partial charge >= 0.3 is 0 Å². The predicted octanol–water partition coefficient (Wildman–Crippen LogP) is 2.50. The molecule has 3 N–H and O–H groups in total. The summed E-state index contributed by atoms with van der Waals surface area (Å²) < 4.78 is 5.16. The zero-order chi connectivity index (χ0) is 18.4. The van der Waals surface area contributed by atoms with Crippen molar-refractivity contribution in [2.45, 2.75) is 19.3 Å². The maximum Gasteiger partial charge on any atom is 0.242 e. The van der Waals surface area contributed by atoms with Crippen LogP contribution < -0.4 is 15.6 Å². The van der Waals surface area contributed by atoms with Crippen molar-refractivity contribution in [3.63, 3.8) is 0 Å². The molecule has 0 atom stereocenters. The molecule has 6 heteroatoms. The quantitative estimate of drug-likeness (QED) is 0.597. The molecule has 3 rings (SSSR count). The van der Waals surface area contributed by atoms with Crippen molar-refractivity contribution in [2.24, 2.45) is 0 Å². The first kappa shape index (κ1) is 17.5. The minimum absolute atomic E-state index is 0.195. The van der Waals surface area contributed by atoms with Gasteiger partial charge in [-0.25, -0.2) is 0 Å². The van der Waals surface area contributed by atoms with E-state index in [1.54, 1.807) is 7.11 Å². The third-order valence-corrected chi connectivity index (χ3v) is 4.14. The number of carbonyl (C=O) groups is 2. The Morgan fingerprint density at radius 2 is 1.85 bits per heavy atom. The Morgan fingerprint density at radius 1 is 1.04 bits per heavy atom. The number of fused-ring (bicyclic) bond motifs is 1. The van der Waals surface area contributed by atoms with Gasteiger partial charge in [-0.15, -0.1) is 0 Å². The molecule has 0 aliphatic rings. The summed E-state index contributed by atoms with van der Waals surface area (Å²) in [5, 5.41) is 1.01. The van der Waals surface area contributed by atoms with Crippen LogP contribution in [0.1, 0.15) is 17.5 Å². The number of aryl methyl sites for hydroxylation is 1. The highest BCUT2D eigenvalue weighted by atomic mass is 16.5.